The van der Waals surface area contributed by atoms with Crippen LogP contribution >= 0.6 is 0 Å². The lowest BCUT2D eigenvalue weighted by molar-refractivity contribution is 0.149. The Bertz CT molecular complexity index is 409. The molecule has 1 rings (SSSR count). The van der Waals surface area contributed by atoms with Gasteiger partial charge in [-0.05, 0) is 45.2 Å². The predicted octanol–water partition coefficient (Wildman–Crippen LogP) is 2.85. The second-order valence-electron chi connectivity index (χ2n) is 6.11. The molecular weight excluding hydrogens is 262 g/mol. The fraction of sp³-hybridized carbons (Fsp3) is 0.765. The monoisotopic (exact) mass is 293 g/mol. The molecule has 1 heterocycles. The minimum absolute atomic E-state index is 0.534. The maximum atomic E-state index is 5.38. The van der Waals surface area contributed by atoms with Crippen LogP contribution in [0.2, 0.25) is 0 Å². The Kier molecular flexibility index (Phi) is 7.83. The maximum Gasteiger partial charge on any atom is 0.131 e. The van der Waals surface area contributed by atoms with Crippen LogP contribution in [-0.2, 0) is 17.6 Å². The molecule has 0 aliphatic heterocycles. The van der Waals surface area contributed by atoms with E-state index < -0.39 is 0 Å². The number of ether oxygens (including phenoxy) is 1. The van der Waals surface area contributed by atoms with E-state index in [1.165, 1.54) is 5.56 Å². The van der Waals surface area contributed by atoms with Gasteiger partial charge in [0.25, 0.3) is 0 Å². The van der Waals surface area contributed by atoms with E-state index in [1.54, 1.807) is 0 Å². The van der Waals surface area contributed by atoms with Crippen molar-refractivity contribution in [3.63, 3.8) is 0 Å². The standard InChI is InChI=1S/C17H31N3O/c1-7-21-9-8-17-19-14(5)16(15(6)20-17)10-13(4)11-18-12(2)3/h12-13,18H,7-11H2,1-6H3. The first-order valence-electron chi connectivity index (χ1n) is 8.08. The van der Waals surface area contributed by atoms with Crippen LogP contribution in [0.1, 0.15) is 50.5 Å². The van der Waals surface area contributed by atoms with Crippen molar-refractivity contribution in [3.8, 4) is 0 Å². The molecule has 0 saturated heterocycles. The van der Waals surface area contributed by atoms with Crippen molar-refractivity contribution < 1.29 is 4.74 Å². The summed E-state index contributed by atoms with van der Waals surface area (Å²) in [5.41, 5.74) is 3.53. The molecule has 0 fully saturated rings. The van der Waals surface area contributed by atoms with Crippen molar-refractivity contribution in [1.29, 1.82) is 0 Å². The zero-order chi connectivity index (χ0) is 15.8. The lowest BCUT2D eigenvalue weighted by Gasteiger charge is -2.17. The summed E-state index contributed by atoms with van der Waals surface area (Å²) in [5, 5.41) is 3.49. The Balaban J connectivity index is 2.66. The molecule has 1 aromatic rings. The quantitative estimate of drug-likeness (QED) is 0.711. The highest BCUT2D eigenvalue weighted by Crippen LogP contribution is 2.15. The van der Waals surface area contributed by atoms with E-state index in [1.807, 2.05) is 6.92 Å². The van der Waals surface area contributed by atoms with E-state index in [0.29, 0.717) is 18.6 Å². The molecule has 0 saturated carbocycles. The van der Waals surface area contributed by atoms with Crippen molar-refractivity contribution in [2.45, 2.75) is 60.4 Å². The summed E-state index contributed by atoms with van der Waals surface area (Å²) in [4.78, 5) is 9.29. The molecule has 1 unspecified atom stereocenters. The Hall–Kier alpha value is -1.00. The maximum absolute atomic E-state index is 5.38. The van der Waals surface area contributed by atoms with Gasteiger partial charge >= 0.3 is 0 Å². The van der Waals surface area contributed by atoms with E-state index >= 15 is 0 Å². The predicted molar refractivity (Wildman–Crippen MR) is 87.7 cm³/mol. The molecular formula is C17H31N3O. The number of hydrogen-bond acceptors (Lipinski definition) is 4. The van der Waals surface area contributed by atoms with Gasteiger partial charge in [0, 0.05) is 30.5 Å². The van der Waals surface area contributed by atoms with E-state index in [4.69, 9.17) is 4.74 Å². The molecule has 0 bridgehead atoms. The summed E-state index contributed by atoms with van der Waals surface area (Å²) >= 11 is 0. The van der Waals surface area contributed by atoms with Gasteiger partial charge in [-0.3, -0.25) is 0 Å². The van der Waals surface area contributed by atoms with Gasteiger partial charge < -0.3 is 10.1 Å². The molecule has 1 N–H and O–H groups in total. The third-order valence-electron chi connectivity index (χ3n) is 3.57. The van der Waals surface area contributed by atoms with Crippen molar-refractivity contribution in [2.75, 3.05) is 19.8 Å². The van der Waals surface area contributed by atoms with Gasteiger partial charge in [0.05, 0.1) is 6.61 Å². The number of rotatable bonds is 9. The highest BCUT2D eigenvalue weighted by atomic mass is 16.5. The summed E-state index contributed by atoms with van der Waals surface area (Å²) in [5.74, 6) is 1.48. The highest BCUT2D eigenvalue weighted by Gasteiger charge is 2.12. The number of hydrogen-bond donors (Lipinski definition) is 1. The largest absolute Gasteiger partial charge is 0.381 e. The Morgan fingerprint density at radius 3 is 2.24 bits per heavy atom. The summed E-state index contributed by atoms with van der Waals surface area (Å²) in [6, 6.07) is 0.534. The van der Waals surface area contributed by atoms with Gasteiger partial charge in [-0.2, -0.15) is 0 Å². The average molecular weight is 293 g/mol. The van der Waals surface area contributed by atoms with Crippen molar-refractivity contribution >= 4 is 0 Å². The minimum Gasteiger partial charge on any atom is -0.381 e. The fourth-order valence-corrected chi connectivity index (χ4v) is 2.38. The van der Waals surface area contributed by atoms with Crippen LogP contribution in [-0.4, -0.2) is 35.8 Å². The number of nitrogens with one attached hydrogen (secondary N) is 1. The van der Waals surface area contributed by atoms with E-state index in [0.717, 1.165) is 43.2 Å². The number of nitrogens with zero attached hydrogens (tertiary/aromatic N) is 2. The van der Waals surface area contributed by atoms with E-state index in [9.17, 15) is 0 Å². The van der Waals surface area contributed by atoms with Crippen molar-refractivity contribution in [3.05, 3.63) is 22.8 Å². The van der Waals surface area contributed by atoms with Crippen LogP contribution in [0.4, 0.5) is 0 Å². The van der Waals surface area contributed by atoms with Crippen molar-refractivity contribution in [2.24, 2.45) is 5.92 Å². The topological polar surface area (TPSA) is 47.0 Å². The summed E-state index contributed by atoms with van der Waals surface area (Å²) in [6.45, 7) is 15.3. The molecule has 0 aliphatic carbocycles. The van der Waals surface area contributed by atoms with E-state index in [2.05, 4.69) is 49.9 Å². The van der Waals surface area contributed by atoms with Crippen LogP contribution in [0.5, 0.6) is 0 Å². The van der Waals surface area contributed by atoms with Gasteiger partial charge in [0.1, 0.15) is 5.82 Å². The second kappa shape index (κ2) is 9.11. The molecule has 4 nitrogen and oxygen atoms in total. The molecule has 21 heavy (non-hydrogen) atoms. The molecule has 0 radical (unpaired) electrons. The summed E-state index contributed by atoms with van der Waals surface area (Å²) in [7, 11) is 0. The first kappa shape index (κ1) is 18.1. The van der Waals surface area contributed by atoms with Gasteiger partial charge in [-0.15, -0.1) is 0 Å². The van der Waals surface area contributed by atoms with Crippen molar-refractivity contribution in [1.82, 2.24) is 15.3 Å². The lowest BCUT2D eigenvalue weighted by atomic mass is 9.98. The summed E-state index contributed by atoms with van der Waals surface area (Å²) < 4.78 is 5.38. The molecule has 1 atom stereocenters. The third kappa shape index (κ3) is 6.53. The van der Waals surface area contributed by atoms with Crippen LogP contribution in [0, 0.1) is 19.8 Å². The second-order valence-corrected chi connectivity index (χ2v) is 6.11. The molecule has 120 valence electrons. The molecule has 0 amide bonds. The van der Waals surface area contributed by atoms with Crippen LogP contribution in [0.25, 0.3) is 0 Å². The fourth-order valence-electron chi connectivity index (χ4n) is 2.38. The van der Waals surface area contributed by atoms with Crippen LogP contribution in [0.15, 0.2) is 0 Å². The Morgan fingerprint density at radius 2 is 1.71 bits per heavy atom. The smallest absolute Gasteiger partial charge is 0.131 e. The SMILES string of the molecule is CCOCCc1nc(C)c(CC(C)CNC(C)C)c(C)n1. The van der Waals surface area contributed by atoms with Gasteiger partial charge in [-0.1, -0.05) is 20.8 Å². The molecule has 0 aliphatic rings. The van der Waals surface area contributed by atoms with Crippen LogP contribution in [0.3, 0.4) is 0 Å². The normalized spacial score (nSPS) is 12.9. The van der Waals surface area contributed by atoms with Gasteiger partial charge in [0.2, 0.25) is 0 Å². The van der Waals surface area contributed by atoms with E-state index in [-0.39, 0.29) is 0 Å². The first-order chi connectivity index (χ1) is 9.93. The van der Waals surface area contributed by atoms with Crippen LogP contribution < -0.4 is 5.32 Å². The zero-order valence-corrected chi connectivity index (χ0v) is 14.5. The van der Waals surface area contributed by atoms with Gasteiger partial charge in [0.15, 0.2) is 0 Å². The molecule has 4 heteroatoms. The highest BCUT2D eigenvalue weighted by molar-refractivity contribution is 5.25. The van der Waals surface area contributed by atoms with Gasteiger partial charge in [-0.25, -0.2) is 9.97 Å². The number of aromatic nitrogens is 2. The molecule has 0 aromatic carbocycles. The minimum atomic E-state index is 0.534. The Morgan fingerprint density at radius 1 is 1.10 bits per heavy atom. The lowest BCUT2D eigenvalue weighted by Crippen LogP contribution is -2.29. The Labute approximate surface area is 129 Å². The number of aryl methyl sites for hydroxylation is 2. The zero-order valence-electron chi connectivity index (χ0n) is 14.5. The third-order valence-corrected chi connectivity index (χ3v) is 3.57. The molecule has 1 aromatic heterocycles. The first-order valence-corrected chi connectivity index (χ1v) is 8.08. The molecule has 0 spiro atoms. The summed E-state index contributed by atoms with van der Waals surface area (Å²) in [6.07, 6.45) is 1.82. The average Bonchev–Trinajstić information content (AvgIpc) is 2.41.